The van der Waals surface area contributed by atoms with E-state index in [2.05, 4.69) is 18.3 Å². The van der Waals surface area contributed by atoms with Crippen molar-refractivity contribution in [2.24, 2.45) is 46.3 Å². The van der Waals surface area contributed by atoms with Gasteiger partial charge in [0.1, 0.15) is 35.6 Å². The molecule has 25 atom stereocenters. The van der Waals surface area contributed by atoms with Crippen LogP contribution in [0.1, 0.15) is 147 Å². The molecule has 8 N–H and O–H groups in total. The van der Waals surface area contributed by atoms with Gasteiger partial charge in [-0.15, -0.1) is 0 Å². The number of hydrogen-bond donors (Lipinski definition) is 8. The molecular weight excluding hydrogens is 1020 g/mol. The van der Waals surface area contributed by atoms with Crippen LogP contribution in [0.3, 0.4) is 0 Å². The molecule has 3 saturated heterocycles. The standard InChI is InChI=1S/C60H101N3O16/c1-16-44-59(12,72)49(67)36(6)63(25-17-24-61-54(70)60(73)23-21-41-40-19-18-38-27-39(64)20-22-55(38,8)46(40)43(65)29-56(41,60)9)31-32(2)28-57(10,71)51(79-53-47(66)42(62(13)14)26-33(3)75-53)34(4)48(35(5)52(69)77-44)78-45-30-58(11,74-15)50(68)37(7)76-45/h18,20,22,32-37,40-51,53,65-68,71-73H,16-17,19,21,23-31H2,1-15H3,(H,61,70)/t32-,33-,34+,35-,36-,37?,40?,41?,42-,43+,44-,45-,46?,47-,48+,49-,50-,51?,53+,55+,56+,57-,58+,59-,60+/m1/s1. The van der Waals surface area contributed by atoms with E-state index >= 15 is 0 Å². The Labute approximate surface area is 470 Å². The molecule has 452 valence electrons. The molecule has 1 amide bonds. The highest BCUT2D eigenvalue weighted by molar-refractivity contribution is 5.93. The molecule has 7 aliphatic rings. The van der Waals surface area contributed by atoms with Crippen LogP contribution < -0.4 is 5.32 Å². The van der Waals surface area contributed by atoms with Gasteiger partial charge in [-0.05, 0) is 138 Å². The molecule has 19 nitrogen and oxygen atoms in total. The fourth-order valence-electron chi connectivity index (χ4n) is 16.1. The smallest absolute Gasteiger partial charge is 0.311 e. The lowest BCUT2D eigenvalue weighted by atomic mass is 9.47. The highest BCUT2D eigenvalue weighted by Crippen LogP contribution is 2.66. The molecule has 0 radical (unpaired) electrons. The van der Waals surface area contributed by atoms with E-state index < -0.39 is 124 Å². The molecule has 2 saturated carbocycles. The number of esters is 1. The lowest BCUT2D eigenvalue weighted by molar-refractivity contribution is -0.318. The first-order valence-corrected chi connectivity index (χ1v) is 29.6. The summed E-state index contributed by atoms with van der Waals surface area (Å²) in [7, 11) is 5.23. The van der Waals surface area contributed by atoms with Gasteiger partial charge in [-0.2, -0.15) is 0 Å². The number of hydrogen-bond acceptors (Lipinski definition) is 18. The number of allylic oxidation sites excluding steroid dienone is 4. The molecule has 5 unspecified atom stereocenters. The quantitative estimate of drug-likeness (QED) is 0.0785. The number of rotatable bonds is 12. The first-order chi connectivity index (χ1) is 36.7. The number of nitrogens with one attached hydrogen (secondary N) is 1. The summed E-state index contributed by atoms with van der Waals surface area (Å²) in [5.41, 5.74) is -6.89. The highest BCUT2D eigenvalue weighted by Gasteiger charge is 2.68. The van der Waals surface area contributed by atoms with Crippen LogP contribution in [0.2, 0.25) is 0 Å². The van der Waals surface area contributed by atoms with Crippen molar-refractivity contribution < 1.29 is 78.6 Å². The molecule has 0 bridgehead atoms. The third-order valence-electron chi connectivity index (χ3n) is 20.9. The van der Waals surface area contributed by atoms with Crippen molar-refractivity contribution in [1.82, 2.24) is 15.1 Å². The van der Waals surface area contributed by atoms with E-state index in [0.717, 1.165) is 5.57 Å². The maximum absolute atomic E-state index is 14.7. The molecule has 79 heavy (non-hydrogen) atoms. The average molecular weight is 1120 g/mol. The minimum Gasteiger partial charge on any atom is -0.459 e. The first-order valence-electron chi connectivity index (χ1n) is 29.6. The van der Waals surface area contributed by atoms with Gasteiger partial charge in [-0.1, -0.05) is 52.3 Å². The lowest BCUT2D eigenvalue weighted by Gasteiger charge is -2.58. The maximum atomic E-state index is 14.7. The zero-order valence-electron chi connectivity index (χ0n) is 50.1. The Morgan fingerprint density at radius 3 is 2.25 bits per heavy atom. The lowest BCUT2D eigenvalue weighted by Crippen LogP contribution is -2.63. The van der Waals surface area contributed by atoms with Crippen molar-refractivity contribution in [2.45, 2.75) is 249 Å². The van der Waals surface area contributed by atoms with Gasteiger partial charge in [0.25, 0.3) is 5.91 Å². The van der Waals surface area contributed by atoms with Crippen molar-refractivity contribution in [3.8, 4) is 0 Å². The van der Waals surface area contributed by atoms with E-state index in [0.29, 0.717) is 38.6 Å². The molecule has 5 fully saturated rings. The topological polar surface area (TPSA) is 267 Å². The van der Waals surface area contributed by atoms with Gasteiger partial charge in [-0.3, -0.25) is 19.3 Å². The van der Waals surface area contributed by atoms with Gasteiger partial charge in [0.15, 0.2) is 18.4 Å². The Bertz CT molecular complexity index is 2210. The fourth-order valence-corrected chi connectivity index (χ4v) is 16.1. The summed E-state index contributed by atoms with van der Waals surface area (Å²) in [6.07, 6.45) is -2.15. The third kappa shape index (κ3) is 12.3. The van der Waals surface area contributed by atoms with E-state index in [9.17, 15) is 50.1 Å². The predicted octanol–water partition coefficient (Wildman–Crippen LogP) is 3.79. The molecule has 3 heterocycles. The van der Waals surface area contributed by atoms with Gasteiger partial charge in [0.2, 0.25) is 0 Å². The van der Waals surface area contributed by atoms with Crippen molar-refractivity contribution in [1.29, 1.82) is 0 Å². The number of cyclic esters (lactones) is 1. The van der Waals surface area contributed by atoms with Crippen LogP contribution in [0, 0.1) is 46.3 Å². The number of methoxy groups -OCH3 is 1. The third-order valence-corrected chi connectivity index (χ3v) is 20.9. The first kappa shape index (κ1) is 64.1. The van der Waals surface area contributed by atoms with Crippen LogP contribution in [0.15, 0.2) is 23.8 Å². The number of ketones is 1. The SMILES string of the molecule is CC[C@H]1OC(=O)[C@H](C)[C@@H](O[C@@H]2C[C@](C)(OC)[C@H](O)C(C)O2)[C@H](C)C(O[C@@H]2O[C@H](C)C[C@@H](N(C)C)[C@H]2O)[C@](C)(O)C[C@@H](C)CN(CCCNC(=O)[C@@]2(O)CCC3C4CC=C5CC(=O)C=C[C@]5(C)C4[C@@H](O)C[C@@]32C)[C@H](C)[C@@H](O)[C@]1(C)O. The van der Waals surface area contributed by atoms with Gasteiger partial charge >= 0.3 is 5.97 Å². The molecule has 0 aromatic carbocycles. The molecule has 3 aliphatic heterocycles. The normalized spacial score (nSPS) is 49.4. The van der Waals surface area contributed by atoms with Crippen LogP contribution in [0.5, 0.6) is 0 Å². The summed E-state index contributed by atoms with van der Waals surface area (Å²) >= 11 is 0. The Balaban J connectivity index is 1.15. The summed E-state index contributed by atoms with van der Waals surface area (Å²) in [4.78, 5) is 45.4. The van der Waals surface area contributed by atoms with Crippen LogP contribution in [0.4, 0.5) is 0 Å². The van der Waals surface area contributed by atoms with Crippen molar-refractivity contribution in [3.63, 3.8) is 0 Å². The second-order valence-corrected chi connectivity index (χ2v) is 26.9. The summed E-state index contributed by atoms with van der Waals surface area (Å²) in [6.45, 7) is 22.1. The second kappa shape index (κ2) is 24.3. The van der Waals surface area contributed by atoms with Crippen molar-refractivity contribution in [2.75, 3.05) is 40.8 Å². The number of nitrogens with zero attached hydrogens (tertiary/aromatic N) is 2. The van der Waals surface area contributed by atoms with Crippen molar-refractivity contribution >= 4 is 17.7 Å². The molecule has 0 aromatic rings. The molecule has 0 spiro atoms. The van der Waals surface area contributed by atoms with E-state index in [1.54, 1.807) is 54.5 Å². The Morgan fingerprint density at radius 2 is 1.61 bits per heavy atom. The van der Waals surface area contributed by atoms with E-state index in [4.69, 9.17) is 28.4 Å². The van der Waals surface area contributed by atoms with E-state index in [1.165, 1.54) is 14.0 Å². The number of likely N-dealkylation sites (N-methyl/N-ethyl adjacent to an activating group) is 1. The largest absolute Gasteiger partial charge is 0.459 e. The van der Waals surface area contributed by atoms with E-state index in [-0.39, 0.29) is 86.8 Å². The minimum absolute atomic E-state index is 0.0104. The van der Waals surface area contributed by atoms with E-state index in [1.807, 2.05) is 50.7 Å². The average Bonchev–Trinajstić information content (AvgIpc) is 3.96. The Hall–Kier alpha value is -2.47. The van der Waals surface area contributed by atoms with Gasteiger partial charge in [0, 0.05) is 74.3 Å². The van der Waals surface area contributed by atoms with Gasteiger partial charge in [-0.25, -0.2) is 0 Å². The Morgan fingerprint density at radius 1 is 0.924 bits per heavy atom. The Kier molecular flexibility index (Phi) is 19.7. The van der Waals surface area contributed by atoms with Crippen LogP contribution in [-0.2, 0) is 42.8 Å². The monoisotopic (exact) mass is 1120 g/mol. The number of aliphatic hydroxyl groups is 7. The predicted molar refractivity (Wildman–Crippen MR) is 294 cm³/mol. The van der Waals surface area contributed by atoms with Gasteiger partial charge in [0.05, 0.1) is 47.6 Å². The van der Waals surface area contributed by atoms with Crippen LogP contribution in [-0.4, -0.2) is 206 Å². The summed E-state index contributed by atoms with van der Waals surface area (Å²) < 4.78 is 38.3. The maximum Gasteiger partial charge on any atom is 0.311 e. The summed E-state index contributed by atoms with van der Waals surface area (Å²) in [5, 5.41) is 88.2. The summed E-state index contributed by atoms with van der Waals surface area (Å²) in [5.74, 6) is -3.67. The second-order valence-electron chi connectivity index (χ2n) is 26.9. The number of aliphatic hydroxyl groups excluding tert-OH is 4. The number of ether oxygens (including phenoxy) is 6. The van der Waals surface area contributed by atoms with Crippen LogP contribution >= 0.6 is 0 Å². The molecule has 7 rings (SSSR count). The number of amides is 1. The highest BCUT2D eigenvalue weighted by atomic mass is 16.7. The zero-order valence-corrected chi connectivity index (χ0v) is 50.1. The van der Waals surface area contributed by atoms with Gasteiger partial charge < -0.3 is 74.4 Å². The number of carbonyl (C=O) groups is 3. The fraction of sp³-hybridized carbons (Fsp3) is 0.883. The molecule has 4 aliphatic carbocycles. The number of carbonyl (C=O) groups excluding carboxylic acids is 3. The minimum atomic E-state index is -1.98. The van der Waals surface area contributed by atoms with Crippen molar-refractivity contribution in [3.05, 3.63) is 23.8 Å². The summed E-state index contributed by atoms with van der Waals surface area (Å²) in [6, 6.07) is -1.11. The zero-order chi connectivity index (χ0) is 58.7. The number of fused-ring (bicyclic) bond motifs is 5. The molecular formula is C60H101N3O16. The van der Waals surface area contributed by atoms with Crippen LogP contribution in [0.25, 0.3) is 0 Å². The molecule has 19 heteroatoms. The molecule has 0 aromatic heterocycles.